The molecule has 3 fully saturated rings. The van der Waals surface area contributed by atoms with Crippen molar-refractivity contribution in [1.82, 2.24) is 15.1 Å². The van der Waals surface area contributed by atoms with E-state index in [1.807, 2.05) is 17.0 Å². The summed E-state index contributed by atoms with van der Waals surface area (Å²) >= 11 is 6.02. The van der Waals surface area contributed by atoms with Crippen LogP contribution in [0.5, 0.6) is 0 Å². The number of carbonyl (C=O) groups excluding carboxylic acids is 2. The summed E-state index contributed by atoms with van der Waals surface area (Å²) in [7, 11) is 0. The third-order valence-corrected chi connectivity index (χ3v) is 8.09. The lowest BCUT2D eigenvalue weighted by atomic mass is 9.79. The highest BCUT2D eigenvalue weighted by molar-refractivity contribution is 6.30. The highest BCUT2D eigenvalue weighted by Gasteiger charge is 2.53. The van der Waals surface area contributed by atoms with Crippen LogP contribution < -0.4 is 5.32 Å². The first-order chi connectivity index (χ1) is 15.5. The van der Waals surface area contributed by atoms with E-state index in [1.165, 1.54) is 37.7 Å². The van der Waals surface area contributed by atoms with Crippen molar-refractivity contribution in [3.05, 3.63) is 34.9 Å². The Morgan fingerprint density at radius 1 is 1.06 bits per heavy atom. The lowest BCUT2D eigenvalue weighted by molar-refractivity contribution is -0.162. The number of nitrogens with zero attached hydrogens (tertiary/aromatic N) is 2. The molecule has 1 aliphatic carbocycles. The van der Waals surface area contributed by atoms with Crippen LogP contribution in [0.3, 0.4) is 0 Å². The van der Waals surface area contributed by atoms with Crippen LogP contribution in [0, 0.1) is 5.92 Å². The van der Waals surface area contributed by atoms with Crippen molar-refractivity contribution in [2.24, 2.45) is 5.92 Å². The number of piperidine rings is 1. The molecule has 5 nitrogen and oxygen atoms in total. The number of nitrogens with one attached hydrogen (secondary N) is 1. The van der Waals surface area contributed by atoms with E-state index in [-0.39, 0.29) is 17.9 Å². The maximum absolute atomic E-state index is 13.6. The summed E-state index contributed by atoms with van der Waals surface area (Å²) < 4.78 is 0. The van der Waals surface area contributed by atoms with Gasteiger partial charge in [0.15, 0.2) is 0 Å². The molecule has 2 aliphatic heterocycles. The van der Waals surface area contributed by atoms with E-state index < -0.39 is 5.54 Å². The molecule has 3 aliphatic rings. The standard InChI is InChI=1S/C26H38ClN3O2/c1-2-3-15-30-24(31)23(18-20-7-5-4-6-8-20)28-25(32)26(30)13-16-29(17-14-26)19-21-9-11-22(27)12-10-21/h9-12,20,23H,2-8,13-19H2,1H3,(H,28,32). The quantitative estimate of drug-likeness (QED) is 0.638. The second kappa shape index (κ2) is 10.6. The third-order valence-electron chi connectivity index (χ3n) is 7.84. The van der Waals surface area contributed by atoms with Crippen LogP contribution in [0.15, 0.2) is 24.3 Å². The summed E-state index contributed by atoms with van der Waals surface area (Å²) in [6.45, 7) is 5.33. The first-order valence-electron chi connectivity index (χ1n) is 12.6. The molecule has 4 rings (SSSR count). The second-order valence-corrected chi connectivity index (χ2v) is 10.5. The summed E-state index contributed by atoms with van der Waals surface area (Å²) in [6, 6.07) is 7.64. The van der Waals surface area contributed by atoms with Crippen molar-refractivity contribution in [1.29, 1.82) is 0 Å². The molecule has 6 heteroatoms. The minimum absolute atomic E-state index is 0.0835. The molecule has 1 saturated carbocycles. The molecule has 2 heterocycles. The molecule has 0 radical (unpaired) electrons. The molecular weight excluding hydrogens is 422 g/mol. The number of unbranched alkanes of at least 4 members (excludes halogenated alkanes) is 1. The highest BCUT2D eigenvalue weighted by atomic mass is 35.5. The van der Waals surface area contributed by atoms with E-state index >= 15 is 0 Å². The van der Waals surface area contributed by atoms with Crippen molar-refractivity contribution < 1.29 is 9.59 Å². The highest BCUT2D eigenvalue weighted by Crippen LogP contribution is 2.36. The predicted molar refractivity (Wildman–Crippen MR) is 128 cm³/mol. The number of hydrogen-bond donors (Lipinski definition) is 1. The van der Waals surface area contributed by atoms with Crippen LogP contribution in [-0.2, 0) is 16.1 Å². The van der Waals surface area contributed by atoms with Crippen LogP contribution in [0.4, 0.5) is 0 Å². The minimum atomic E-state index is -0.675. The van der Waals surface area contributed by atoms with Gasteiger partial charge in [-0.05, 0) is 49.3 Å². The van der Waals surface area contributed by atoms with Crippen molar-refractivity contribution in [2.45, 2.75) is 89.3 Å². The van der Waals surface area contributed by atoms with E-state index in [0.29, 0.717) is 25.3 Å². The molecule has 0 bridgehead atoms. The van der Waals surface area contributed by atoms with Crippen LogP contribution in [-0.4, -0.2) is 52.8 Å². The van der Waals surface area contributed by atoms with Gasteiger partial charge in [0.25, 0.3) is 0 Å². The van der Waals surface area contributed by atoms with Crippen LogP contribution in [0.1, 0.15) is 76.7 Å². The van der Waals surface area contributed by atoms with Gasteiger partial charge >= 0.3 is 0 Å². The van der Waals surface area contributed by atoms with Gasteiger partial charge in [0.05, 0.1) is 0 Å². The summed E-state index contributed by atoms with van der Waals surface area (Å²) in [6.07, 6.45) is 10.4. The average molecular weight is 460 g/mol. The van der Waals surface area contributed by atoms with Crippen molar-refractivity contribution >= 4 is 23.4 Å². The summed E-state index contributed by atoms with van der Waals surface area (Å²) in [5.41, 5.74) is 0.552. The first kappa shape index (κ1) is 23.6. The van der Waals surface area contributed by atoms with Gasteiger partial charge in [-0.1, -0.05) is 69.2 Å². The number of rotatable bonds is 7. The second-order valence-electron chi connectivity index (χ2n) is 10.0. The number of benzene rings is 1. The Morgan fingerprint density at radius 2 is 1.75 bits per heavy atom. The largest absolute Gasteiger partial charge is 0.342 e. The molecule has 1 spiro atoms. The molecule has 1 atom stereocenters. The Labute approximate surface area is 197 Å². The molecule has 32 heavy (non-hydrogen) atoms. The number of piperazine rings is 1. The van der Waals surface area contributed by atoms with E-state index in [0.717, 1.165) is 43.9 Å². The van der Waals surface area contributed by atoms with E-state index in [1.54, 1.807) is 0 Å². The molecule has 1 unspecified atom stereocenters. The van der Waals surface area contributed by atoms with Crippen LogP contribution >= 0.6 is 11.6 Å². The zero-order valence-electron chi connectivity index (χ0n) is 19.5. The van der Waals surface area contributed by atoms with Gasteiger partial charge in [-0.2, -0.15) is 0 Å². The third kappa shape index (κ3) is 5.14. The Balaban J connectivity index is 1.44. The van der Waals surface area contributed by atoms with Crippen molar-refractivity contribution in [3.8, 4) is 0 Å². The SMILES string of the molecule is CCCCN1C(=O)C(CC2CCCCC2)NC(=O)C12CCN(Cc1ccc(Cl)cc1)CC2. The van der Waals surface area contributed by atoms with Gasteiger partial charge in [0.2, 0.25) is 11.8 Å². The van der Waals surface area contributed by atoms with Gasteiger partial charge in [-0.25, -0.2) is 0 Å². The van der Waals surface area contributed by atoms with Crippen LogP contribution in [0.25, 0.3) is 0 Å². The molecule has 0 aromatic heterocycles. The summed E-state index contributed by atoms with van der Waals surface area (Å²) in [5.74, 6) is 0.816. The summed E-state index contributed by atoms with van der Waals surface area (Å²) in [4.78, 5) is 31.5. The monoisotopic (exact) mass is 459 g/mol. The van der Waals surface area contributed by atoms with E-state index in [4.69, 9.17) is 11.6 Å². The molecule has 1 N–H and O–H groups in total. The first-order valence-corrected chi connectivity index (χ1v) is 13.0. The Kier molecular flexibility index (Phi) is 7.78. The smallest absolute Gasteiger partial charge is 0.246 e. The number of halogens is 1. The minimum Gasteiger partial charge on any atom is -0.342 e. The average Bonchev–Trinajstić information content (AvgIpc) is 2.81. The number of amides is 2. The zero-order valence-corrected chi connectivity index (χ0v) is 20.2. The Hall–Kier alpha value is -1.59. The van der Waals surface area contributed by atoms with Gasteiger partial charge < -0.3 is 10.2 Å². The van der Waals surface area contributed by atoms with Crippen LogP contribution in [0.2, 0.25) is 5.02 Å². The van der Waals surface area contributed by atoms with E-state index in [9.17, 15) is 9.59 Å². The van der Waals surface area contributed by atoms with E-state index in [2.05, 4.69) is 29.3 Å². The molecule has 2 saturated heterocycles. The number of carbonyl (C=O) groups is 2. The van der Waals surface area contributed by atoms with Crippen molar-refractivity contribution in [2.75, 3.05) is 19.6 Å². The summed E-state index contributed by atoms with van der Waals surface area (Å²) in [5, 5.41) is 3.94. The number of hydrogen-bond acceptors (Lipinski definition) is 3. The number of likely N-dealkylation sites (tertiary alicyclic amines) is 1. The van der Waals surface area contributed by atoms with Gasteiger partial charge in [0, 0.05) is 31.2 Å². The fraction of sp³-hybridized carbons (Fsp3) is 0.692. The molecule has 2 amide bonds. The maximum Gasteiger partial charge on any atom is 0.246 e. The Morgan fingerprint density at radius 3 is 2.41 bits per heavy atom. The van der Waals surface area contributed by atoms with Gasteiger partial charge in [-0.15, -0.1) is 0 Å². The topological polar surface area (TPSA) is 52.7 Å². The molecule has 1 aromatic carbocycles. The lowest BCUT2D eigenvalue weighted by Crippen LogP contribution is -2.73. The fourth-order valence-electron chi connectivity index (χ4n) is 5.86. The van der Waals surface area contributed by atoms with Crippen molar-refractivity contribution in [3.63, 3.8) is 0 Å². The Bertz CT molecular complexity index is 783. The molecule has 1 aromatic rings. The molecule has 176 valence electrons. The molecular formula is C26H38ClN3O2. The predicted octanol–water partition coefficient (Wildman–Crippen LogP) is 4.77. The maximum atomic E-state index is 13.6. The van der Waals surface area contributed by atoms with Gasteiger partial charge in [-0.3, -0.25) is 14.5 Å². The van der Waals surface area contributed by atoms with Gasteiger partial charge in [0.1, 0.15) is 11.6 Å². The zero-order chi connectivity index (χ0) is 22.6. The normalized spacial score (nSPS) is 24.7. The lowest BCUT2D eigenvalue weighted by Gasteiger charge is -2.52. The fourth-order valence-corrected chi connectivity index (χ4v) is 5.98.